The van der Waals surface area contributed by atoms with Gasteiger partial charge in [-0.25, -0.2) is 4.79 Å². The monoisotopic (exact) mass is 426 g/mol. The van der Waals surface area contributed by atoms with E-state index in [0.717, 1.165) is 44.9 Å². The fourth-order valence-corrected chi connectivity index (χ4v) is 4.44. The number of hydrogen-bond acceptors (Lipinski definition) is 5. The van der Waals surface area contributed by atoms with Gasteiger partial charge in [0, 0.05) is 32.1 Å². The largest absolute Gasteiger partial charge is 0.495 e. The van der Waals surface area contributed by atoms with E-state index in [1.807, 2.05) is 61.3 Å². The fraction of sp³-hybridized carbons (Fsp3) is 0.160. The zero-order chi connectivity index (χ0) is 22.4. The van der Waals surface area contributed by atoms with Gasteiger partial charge >= 0.3 is 5.97 Å². The molecule has 2 aromatic carbocycles. The molecule has 0 amide bonds. The summed E-state index contributed by atoms with van der Waals surface area (Å²) in [4.78, 5) is 18.1. The topological polar surface area (TPSA) is 80.5 Å². The summed E-state index contributed by atoms with van der Waals surface area (Å²) in [7, 11) is 5.60. The number of allylic oxidation sites excluding steroid dienone is 1. The van der Waals surface area contributed by atoms with Gasteiger partial charge in [0.25, 0.3) is 0 Å². The summed E-state index contributed by atoms with van der Waals surface area (Å²) in [5.74, 6) is -0.152. The summed E-state index contributed by atoms with van der Waals surface area (Å²) in [5.41, 5.74) is 6.45. The molecule has 7 heteroatoms. The first-order valence-corrected chi connectivity index (χ1v) is 10.2. The molecule has 1 aliphatic carbocycles. The number of fused-ring (bicyclic) bond motifs is 2. The van der Waals surface area contributed by atoms with Gasteiger partial charge in [-0.15, -0.1) is 0 Å². The molecule has 0 saturated carbocycles. The van der Waals surface area contributed by atoms with E-state index < -0.39 is 5.97 Å². The smallest absolute Gasteiger partial charge is 0.336 e. The molecule has 32 heavy (non-hydrogen) atoms. The summed E-state index contributed by atoms with van der Waals surface area (Å²) in [6.07, 6.45) is 3.97. The van der Waals surface area contributed by atoms with Crippen LogP contribution in [0, 0.1) is 0 Å². The van der Waals surface area contributed by atoms with E-state index in [1.54, 1.807) is 19.4 Å². The fourth-order valence-electron chi connectivity index (χ4n) is 4.44. The number of nitrogens with zero attached hydrogens (tertiary/aromatic N) is 4. The number of benzene rings is 2. The van der Waals surface area contributed by atoms with Crippen molar-refractivity contribution in [2.75, 3.05) is 19.1 Å². The lowest BCUT2D eigenvalue weighted by Crippen LogP contribution is -2.12. The second-order valence-electron chi connectivity index (χ2n) is 7.75. The standard InChI is InChI=1S/C25H22N4O3/c1-28(20-8-4-5-10-22(20)32-3)21-9-6-7-17-23(27-29(2)24(17)21)15-13-18-16(25(30)31)11-12-26-19(18)14-15/h4-12,14H,13H2,1-3H3,(H,30,31). The van der Waals surface area contributed by atoms with E-state index in [-0.39, 0.29) is 5.56 Å². The summed E-state index contributed by atoms with van der Waals surface area (Å²) in [6, 6.07) is 15.6. The van der Waals surface area contributed by atoms with Crippen molar-refractivity contribution in [3.8, 4) is 5.75 Å². The van der Waals surface area contributed by atoms with E-state index in [0.29, 0.717) is 12.1 Å². The zero-order valence-corrected chi connectivity index (χ0v) is 18.0. The summed E-state index contributed by atoms with van der Waals surface area (Å²) in [5, 5.41) is 15.4. The third-order valence-electron chi connectivity index (χ3n) is 5.95. The van der Waals surface area contributed by atoms with Crippen LogP contribution < -0.4 is 9.64 Å². The molecule has 4 aromatic rings. The third-order valence-corrected chi connectivity index (χ3v) is 5.95. The van der Waals surface area contributed by atoms with E-state index in [1.165, 1.54) is 0 Å². The first-order chi connectivity index (χ1) is 15.5. The molecule has 5 rings (SSSR count). The van der Waals surface area contributed by atoms with Crippen LogP contribution in [0.3, 0.4) is 0 Å². The lowest BCUT2D eigenvalue weighted by Gasteiger charge is -2.22. The Morgan fingerprint density at radius 1 is 1.12 bits per heavy atom. The number of pyridine rings is 1. The number of methoxy groups -OCH3 is 1. The zero-order valence-electron chi connectivity index (χ0n) is 18.0. The van der Waals surface area contributed by atoms with Crippen LogP contribution in [-0.4, -0.2) is 40.0 Å². The van der Waals surface area contributed by atoms with Crippen LogP contribution in [-0.2, 0) is 13.5 Å². The molecular weight excluding hydrogens is 404 g/mol. The number of carboxylic acids is 1. The highest BCUT2D eigenvalue weighted by atomic mass is 16.5. The van der Waals surface area contributed by atoms with Crippen LogP contribution in [0.4, 0.5) is 11.4 Å². The summed E-state index contributed by atoms with van der Waals surface area (Å²) < 4.78 is 7.43. The number of hydrogen-bond donors (Lipinski definition) is 1. The van der Waals surface area contributed by atoms with Crippen LogP contribution in [0.5, 0.6) is 5.75 Å². The first-order valence-electron chi connectivity index (χ1n) is 10.2. The number of rotatable bonds is 5. The number of aromatic nitrogens is 3. The molecule has 1 aliphatic rings. The van der Waals surface area contributed by atoms with E-state index in [4.69, 9.17) is 9.84 Å². The molecule has 160 valence electrons. The Labute approximate surface area is 185 Å². The molecule has 0 bridgehead atoms. The van der Waals surface area contributed by atoms with Crippen molar-refractivity contribution in [2.24, 2.45) is 7.05 Å². The van der Waals surface area contributed by atoms with Gasteiger partial charge in [-0.3, -0.25) is 9.67 Å². The van der Waals surface area contributed by atoms with Gasteiger partial charge in [-0.1, -0.05) is 24.3 Å². The van der Waals surface area contributed by atoms with Crippen LogP contribution in [0.2, 0.25) is 0 Å². The highest BCUT2D eigenvalue weighted by molar-refractivity contribution is 6.04. The molecule has 2 aromatic heterocycles. The van der Waals surface area contributed by atoms with Crippen molar-refractivity contribution in [2.45, 2.75) is 6.42 Å². The van der Waals surface area contributed by atoms with Crippen molar-refractivity contribution in [1.82, 2.24) is 14.8 Å². The van der Waals surface area contributed by atoms with E-state index in [9.17, 15) is 9.90 Å². The van der Waals surface area contributed by atoms with Crippen LogP contribution in [0.1, 0.15) is 27.3 Å². The average molecular weight is 426 g/mol. The van der Waals surface area contributed by atoms with Gasteiger partial charge in [-0.2, -0.15) is 5.10 Å². The predicted octanol–water partition coefficient (Wildman–Crippen LogP) is 4.54. The number of para-hydroxylation sites is 3. The van der Waals surface area contributed by atoms with Gasteiger partial charge in [0.2, 0.25) is 0 Å². The number of carboxylic acid groups (broad SMARTS) is 1. The van der Waals surface area contributed by atoms with Crippen molar-refractivity contribution in [3.05, 3.63) is 77.2 Å². The van der Waals surface area contributed by atoms with E-state index in [2.05, 4.69) is 16.0 Å². The average Bonchev–Trinajstić information content (AvgIpc) is 3.39. The summed E-state index contributed by atoms with van der Waals surface area (Å²) in [6.45, 7) is 0. The number of aromatic carboxylic acids is 1. The highest BCUT2D eigenvalue weighted by Gasteiger charge is 2.25. The number of anilines is 2. The molecule has 0 unspecified atom stereocenters. The maximum absolute atomic E-state index is 11.6. The molecule has 1 N–H and O–H groups in total. The number of carbonyl (C=O) groups is 1. The minimum absolute atomic E-state index is 0.290. The minimum atomic E-state index is -0.940. The lowest BCUT2D eigenvalue weighted by molar-refractivity contribution is 0.0695. The lowest BCUT2D eigenvalue weighted by atomic mass is 10.0. The SMILES string of the molecule is COc1ccccc1N(C)c1cccc2c(C3=Cc4nccc(C(=O)O)c4C3)nn(C)c12. The Morgan fingerprint density at radius 2 is 1.91 bits per heavy atom. The molecule has 2 heterocycles. The maximum atomic E-state index is 11.6. The number of ether oxygens (including phenoxy) is 1. The molecule has 7 nitrogen and oxygen atoms in total. The van der Waals surface area contributed by atoms with Crippen LogP contribution in [0.25, 0.3) is 22.6 Å². The van der Waals surface area contributed by atoms with Gasteiger partial charge < -0.3 is 14.7 Å². The van der Waals surface area contributed by atoms with Crippen molar-refractivity contribution < 1.29 is 14.6 Å². The first kappa shape index (κ1) is 19.8. The van der Waals surface area contributed by atoms with Gasteiger partial charge in [0.1, 0.15) is 5.75 Å². The summed E-state index contributed by atoms with van der Waals surface area (Å²) >= 11 is 0. The predicted molar refractivity (Wildman–Crippen MR) is 125 cm³/mol. The highest BCUT2D eigenvalue weighted by Crippen LogP contribution is 2.40. The molecule has 0 fully saturated rings. The number of aryl methyl sites for hydroxylation is 1. The molecule has 0 atom stereocenters. The van der Waals surface area contributed by atoms with Gasteiger partial charge in [-0.05, 0) is 41.5 Å². The van der Waals surface area contributed by atoms with Gasteiger partial charge in [0.15, 0.2) is 0 Å². The molecule has 0 radical (unpaired) electrons. The molecular formula is C25H22N4O3. The van der Waals surface area contributed by atoms with Crippen molar-refractivity contribution >= 4 is 39.9 Å². The second-order valence-corrected chi connectivity index (χ2v) is 7.75. The van der Waals surface area contributed by atoms with Crippen LogP contribution >= 0.6 is 0 Å². The van der Waals surface area contributed by atoms with E-state index >= 15 is 0 Å². The minimum Gasteiger partial charge on any atom is -0.495 e. The third kappa shape index (κ3) is 3.01. The van der Waals surface area contributed by atoms with Crippen molar-refractivity contribution in [3.63, 3.8) is 0 Å². The Kier molecular flexibility index (Phi) is 4.66. The Morgan fingerprint density at radius 3 is 2.69 bits per heavy atom. The Balaban J connectivity index is 1.61. The Hall–Kier alpha value is -4.13. The quantitative estimate of drug-likeness (QED) is 0.505. The molecule has 0 saturated heterocycles. The normalized spacial score (nSPS) is 12.5. The van der Waals surface area contributed by atoms with Gasteiger partial charge in [0.05, 0.1) is 41.0 Å². The molecule has 0 spiro atoms. The second kappa shape index (κ2) is 7.53. The molecule has 0 aliphatic heterocycles. The Bertz CT molecular complexity index is 1400. The van der Waals surface area contributed by atoms with Crippen molar-refractivity contribution in [1.29, 1.82) is 0 Å². The van der Waals surface area contributed by atoms with Crippen LogP contribution in [0.15, 0.2) is 54.7 Å². The maximum Gasteiger partial charge on any atom is 0.336 e.